The topological polar surface area (TPSA) is 75.3 Å². The van der Waals surface area contributed by atoms with Gasteiger partial charge in [-0.15, -0.1) is 0 Å². The summed E-state index contributed by atoms with van der Waals surface area (Å²) in [6.45, 7) is 6.46. The van der Waals surface area contributed by atoms with Gasteiger partial charge in [0.05, 0.1) is 4.75 Å². The fourth-order valence-corrected chi connectivity index (χ4v) is 4.64. The summed E-state index contributed by atoms with van der Waals surface area (Å²) in [6.07, 6.45) is 12.1. The summed E-state index contributed by atoms with van der Waals surface area (Å²) in [5.41, 5.74) is 0. The normalized spacial score (nSPS) is 19.5. The van der Waals surface area contributed by atoms with E-state index < -0.39 is 14.8 Å². The van der Waals surface area contributed by atoms with E-state index in [-0.39, 0.29) is 18.4 Å². The maximum Gasteiger partial charge on any atom is 0.221 e. The summed E-state index contributed by atoms with van der Waals surface area (Å²) in [5.74, 6) is -0.0638. The molecule has 0 aromatic heterocycles. The zero-order valence-electron chi connectivity index (χ0n) is 16.4. The fraction of sp³-hybridized carbons (Fsp3) is 0.947. The molecular formula is C19H38N2O3S. The van der Waals surface area contributed by atoms with Gasteiger partial charge in [0, 0.05) is 19.0 Å². The van der Waals surface area contributed by atoms with Crippen LogP contribution in [0.15, 0.2) is 0 Å². The number of sulfonamides is 1. The van der Waals surface area contributed by atoms with Crippen LogP contribution in [-0.2, 0) is 14.8 Å². The summed E-state index contributed by atoms with van der Waals surface area (Å²) < 4.78 is 27.5. The van der Waals surface area contributed by atoms with Gasteiger partial charge in [-0.2, -0.15) is 0 Å². The van der Waals surface area contributed by atoms with Crippen LogP contribution < -0.4 is 10.0 Å². The first kappa shape index (κ1) is 22.4. The molecule has 0 aromatic rings. The van der Waals surface area contributed by atoms with Gasteiger partial charge in [-0.25, -0.2) is 13.1 Å². The number of hydrogen-bond acceptors (Lipinski definition) is 3. The smallest absolute Gasteiger partial charge is 0.221 e. The zero-order chi connectivity index (χ0) is 18.8. The molecule has 0 spiro atoms. The Labute approximate surface area is 154 Å². The number of carbonyl (C=O) groups is 1. The van der Waals surface area contributed by atoms with Crippen molar-refractivity contribution in [2.45, 2.75) is 109 Å². The van der Waals surface area contributed by atoms with Crippen LogP contribution in [0.4, 0.5) is 0 Å². The van der Waals surface area contributed by atoms with E-state index >= 15 is 0 Å². The standard InChI is InChI=1S/C19H38N2O3S/c1-4-5-6-7-8-9-10-11-14-19(2,3)25(23,24)21-17-13-12-15-20-18(22)16-17/h17,21H,4-16H2,1-3H3,(H,20,22)/t17-/m0/s1. The largest absolute Gasteiger partial charge is 0.356 e. The maximum atomic E-state index is 12.7. The van der Waals surface area contributed by atoms with Crippen LogP contribution in [0.3, 0.4) is 0 Å². The molecule has 148 valence electrons. The Morgan fingerprint density at radius 1 is 1.08 bits per heavy atom. The fourth-order valence-electron chi connectivity index (χ4n) is 3.27. The van der Waals surface area contributed by atoms with E-state index in [0.29, 0.717) is 19.4 Å². The molecule has 0 radical (unpaired) electrons. The Hall–Kier alpha value is -0.620. The highest BCUT2D eigenvalue weighted by atomic mass is 32.2. The van der Waals surface area contributed by atoms with Gasteiger partial charge in [0.25, 0.3) is 0 Å². The Kier molecular flexibility index (Phi) is 10.0. The van der Waals surface area contributed by atoms with Crippen LogP contribution in [0.25, 0.3) is 0 Å². The van der Waals surface area contributed by atoms with E-state index in [9.17, 15) is 13.2 Å². The van der Waals surface area contributed by atoms with Crippen molar-refractivity contribution in [1.82, 2.24) is 10.0 Å². The van der Waals surface area contributed by atoms with E-state index in [2.05, 4.69) is 17.0 Å². The molecule has 1 heterocycles. The quantitative estimate of drug-likeness (QED) is 0.509. The highest BCUT2D eigenvalue weighted by molar-refractivity contribution is 7.90. The van der Waals surface area contributed by atoms with Crippen LogP contribution in [0, 0.1) is 0 Å². The number of carbonyl (C=O) groups excluding carboxylic acids is 1. The van der Waals surface area contributed by atoms with Crippen LogP contribution in [0.1, 0.15) is 97.8 Å². The predicted molar refractivity (Wildman–Crippen MR) is 104 cm³/mol. The van der Waals surface area contributed by atoms with Crippen molar-refractivity contribution in [3.05, 3.63) is 0 Å². The maximum absolute atomic E-state index is 12.7. The Bertz CT molecular complexity index is 489. The number of hydrogen-bond donors (Lipinski definition) is 2. The van der Waals surface area contributed by atoms with Crippen molar-refractivity contribution in [1.29, 1.82) is 0 Å². The Balaban J connectivity index is 2.35. The molecule has 0 saturated carbocycles. The molecule has 25 heavy (non-hydrogen) atoms. The second-order valence-corrected chi connectivity index (χ2v) is 10.3. The van der Waals surface area contributed by atoms with E-state index in [1.165, 1.54) is 38.5 Å². The van der Waals surface area contributed by atoms with Gasteiger partial charge in [-0.1, -0.05) is 58.3 Å². The first-order valence-electron chi connectivity index (χ1n) is 10.1. The van der Waals surface area contributed by atoms with Gasteiger partial charge in [-0.05, 0) is 33.1 Å². The summed E-state index contributed by atoms with van der Waals surface area (Å²) in [4.78, 5) is 11.6. The molecule has 5 nitrogen and oxygen atoms in total. The van der Waals surface area contributed by atoms with Crippen molar-refractivity contribution < 1.29 is 13.2 Å². The van der Waals surface area contributed by atoms with Gasteiger partial charge >= 0.3 is 0 Å². The molecule has 1 aliphatic heterocycles. The molecule has 1 saturated heterocycles. The Morgan fingerprint density at radius 2 is 1.68 bits per heavy atom. The third kappa shape index (κ3) is 8.54. The lowest BCUT2D eigenvalue weighted by Gasteiger charge is -2.28. The first-order valence-corrected chi connectivity index (χ1v) is 11.6. The third-order valence-corrected chi connectivity index (χ3v) is 7.47. The minimum absolute atomic E-state index is 0.0638. The van der Waals surface area contributed by atoms with Crippen LogP contribution >= 0.6 is 0 Å². The second-order valence-electron chi connectivity index (χ2n) is 8.00. The van der Waals surface area contributed by atoms with Gasteiger partial charge in [0.15, 0.2) is 0 Å². The van der Waals surface area contributed by atoms with Crippen molar-refractivity contribution in [2.24, 2.45) is 0 Å². The van der Waals surface area contributed by atoms with Gasteiger partial charge in [0.1, 0.15) is 0 Å². The molecule has 0 bridgehead atoms. The van der Waals surface area contributed by atoms with E-state index in [4.69, 9.17) is 0 Å². The van der Waals surface area contributed by atoms with E-state index in [1.807, 2.05) is 0 Å². The minimum Gasteiger partial charge on any atom is -0.356 e. The molecular weight excluding hydrogens is 336 g/mol. The molecule has 2 N–H and O–H groups in total. The van der Waals surface area contributed by atoms with Crippen LogP contribution in [0.2, 0.25) is 0 Å². The predicted octanol–water partition coefficient (Wildman–Crippen LogP) is 3.88. The highest BCUT2D eigenvalue weighted by Crippen LogP contribution is 2.25. The number of nitrogens with one attached hydrogen (secondary N) is 2. The molecule has 0 unspecified atom stereocenters. The summed E-state index contributed by atoms with van der Waals surface area (Å²) >= 11 is 0. The van der Waals surface area contributed by atoms with E-state index in [0.717, 1.165) is 19.3 Å². The molecule has 1 amide bonds. The minimum atomic E-state index is -3.43. The summed E-state index contributed by atoms with van der Waals surface area (Å²) in [5, 5.41) is 2.79. The third-order valence-electron chi connectivity index (χ3n) is 5.17. The van der Waals surface area contributed by atoms with Crippen molar-refractivity contribution >= 4 is 15.9 Å². The SMILES string of the molecule is CCCCCCCCCCC(C)(C)S(=O)(=O)N[C@H]1CCCNC(=O)C1. The molecule has 1 atom stereocenters. The lowest BCUT2D eigenvalue weighted by molar-refractivity contribution is -0.121. The average molecular weight is 375 g/mol. The molecule has 1 fully saturated rings. The summed E-state index contributed by atoms with van der Waals surface area (Å²) in [7, 11) is -3.43. The van der Waals surface area contributed by atoms with Gasteiger partial charge in [-0.3, -0.25) is 4.79 Å². The molecule has 1 aliphatic rings. The van der Waals surface area contributed by atoms with Gasteiger partial charge < -0.3 is 5.32 Å². The molecule has 0 aromatic carbocycles. The highest BCUT2D eigenvalue weighted by Gasteiger charge is 2.35. The molecule has 1 rings (SSSR count). The average Bonchev–Trinajstić information content (AvgIpc) is 2.73. The lowest BCUT2D eigenvalue weighted by atomic mass is 10.0. The van der Waals surface area contributed by atoms with Crippen LogP contribution in [-0.4, -0.2) is 31.7 Å². The van der Waals surface area contributed by atoms with E-state index in [1.54, 1.807) is 13.8 Å². The zero-order valence-corrected chi connectivity index (χ0v) is 17.2. The van der Waals surface area contributed by atoms with Crippen molar-refractivity contribution in [2.75, 3.05) is 6.54 Å². The summed E-state index contributed by atoms with van der Waals surface area (Å²) in [6, 6.07) is -0.273. The van der Waals surface area contributed by atoms with Crippen molar-refractivity contribution in [3.8, 4) is 0 Å². The molecule has 6 heteroatoms. The van der Waals surface area contributed by atoms with Crippen molar-refractivity contribution in [3.63, 3.8) is 0 Å². The number of unbranched alkanes of at least 4 members (excludes halogenated alkanes) is 7. The monoisotopic (exact) mass is 374 g/mol. The first-order chi connectivity index (χ1) is 11.8. The second kappa shape index (κ2) is 11.2. The number of rotatable bonds is 12. The Morgan fingerprint density at radius 3 is 2.32 bits per heavy atom. The van der Waals surface area contributed by atoms with Gasteiger partial charge in [0.2, 0.25) is 15.9 Å². The number of amides is 1. The lowest BCUT2D eigenvalue weighted by Crippen LogP contribution is -2.46. The van der Waals surface area contributed by atoms with Crippen LogP contribution in [0.5, 0.6) is 0 Å². The molecule has 0 aliphatic carbocycles.